The Kier molecular flexibility index (Phi) is 5.61. The normalized spacial score (nSPS) is 18.2. The van der Waals surface area contributed by atoms with Crippen LogP contribution in [0.1, 0.15) is 30.5 Å². The quantitative estimate of drug-likeness (QED) is 0.525. The van der Waals surface area contributed by atoms with Crippen molar-refractivity contribution in [3.63, 3.8) is 0 Å². The minimum atomic E-state index is -5.33. The van der Waals surface area contributed by atoms with Gasteiger partial charge in [-0.25, -0.2) is 4.39 Å². The van der Waals surface area contributed by atoms with Crippen molar-refractivity contribution in [2.45, 2.75) is 31.1 Å². The monoisotopic (exact) mass is 482 g/mol. The van der Waals surface area contributed by atoms with Crippen molar-refractivity contribution in [2.24, 2.45) is 0 Å². The van der Waals surface area contributed by atoms with E-state index in [1.165, 1.54) is 44.2 Å². The average Bonchev–Trinajstić information content (AvgIpc) is 2.93. The van der Waals surface area contributed by atoms with E-state index in [9.17, 15) is 30.9 Å². The summed E-state index contributed by atoms with van der Waals surface area (Å²) in [5.74, 6) is -3.17. The molecule has 1 atom stereocenters. The summed E-state index contributed by atoms with van der Waals surface area (Å²) in [6.07, 6.45) is -5.33. The average molecular weight is 482 g/mol. The second-order valence-corrected chi connectivity index (χ2v) is 8.99. The lowest BCUT2D eigenvalue weighted by Gasteiger charge is -2.34. The minimum Gasteiger partial charge on any atom is -0.322 e. The van der Waals surface area contributed by atoms with Gasteiger partial charge in [-0.1, -0.05) is 0 Å². The fourth-order valence-corrected chi connectivity index (χ4v) is 4.78. The van der Waals surface area contributed by atoms with Crippen LogP contribution in [0.5, 0.6) is 0 Å². The number of amides is 1. The molecule has 0 bridgehead atoms. The molecule has 33 heavy (non-hydrogen) atoms. The van der Waals surface area contributed by atoms with Gasteiger partial charge in [-0.05, 0) is 50.2 Å². The molecule has 172 valence electrons. The smallest absolute Gasteiger partial charge is 0.322 e. The van der Waals surface area contributed by atoms with Crippen LogP contribution in [0, 0.1) is 28.5 Å². The molecule has 1 unspecified atom stereocenters. The van der Waals surface area contributed by atoms with E-state index in [0.29, 0.717) is 12.1 Å². The number of hydrogen-bond donors (Lipinski definition) is 1. The van der Waals surface area contributed by atoms with E-state index in [4.69, 9.17) is 10.5 Å². The standard InChI is InChI=1S/C20H14F4N4O4S/c1-19(2)17(29)27(14-8-5-12(10-26)15(16(14)21)20(22,23)24)18(33(30,31)32)28(19)13-6-3-11(9-25)4-7-13/h3-8,18H,1-2H3,(H,30,31,32). The van der Waals surface area contributed by atoms with Crippen LogP contribution in [-0.4, -0.2) is 29.9 Å². The summed E-state index contributed by atoms with van der Waals surface area (Å²) in [6.45, 7) is 2.47. The summed E-state index contributed by atoms with van der Waals surface area (Å²) >= 11 is 0. The first-order valence-electron chi connectivity index (χ1n) is 9.05. The highest BCUT2D eigenvalue weighted by Gasteiger charge is 2.58. The van der Waals surface area contributed by atoms with Crippen molar-refractivity contribution in [1.29, 1.82) is 10.5 Å². The topological polar surface area (TPSA) is 126 Å². The molecule has 1 amide bonds. The number of hydrogen-bond acceptors (Lipinski definition) is 6. The number of halogens is 4. The fourth-order valence-electron chi connectivity index (χ4n) is 3.65. The Morgan fingerprint density at radius 2 is 1.64 bits per heavy atom. The summed E-state index contributed by atoms with van der Waals surface area (Å²) in [4.78, 5) is 14.3. The largest absolute Gasteiger partial charge is 0.420 e. The third kappa shape index (κ3) is 3.86. The van der Waals surface area contributed by atoms with Crippen LogP contribution >= 0.6 is 0 Å². The molecule has 0 saturated carbocycles. The SMILES string of the molecule is CC1(C)C(=O)N(c2ccc(C#N)c(C(F)(F)F)c2F)C(S(=O)(=O)O)N1c1ccc(C#N)cc1. The molecular weight excluding hydrogens is 468 g/mol. The van der Waals surface area contributed by atoms with Crippen molar-refractivity contribution >= 4 is 27.4 Å². The lowest BCUT2D eigenvalue weighted by molar-refractivity contribution is -0.140. The number of nitriles is 2. The molecular formula is C20H14F4N4O4S. The first kappa shape index (κ1) is 24.0. The van der Waals surface area contributed by atoms with Gasteiger partial charge in [0.25, 0.3) is 5.91 Å². The molecule has 0 radical (unpaired) electrons. The number of alkyl halides is 3. The van der Waals surface area contributed by atoms with E-state index >= 15 is 4.39 Å². The van der Waals surface area contributed by atoms with Gasteiger partial charge in [0.05, 0.1) is 29.0 Å². The van der Waals surface area contributed by atoms with E-state index in [1.54, 1.807) is 0 Å². The van der Waals surface area contributed by atoms with Gasteiger partial charge in [0, 0.05) is 5.69 Å². The van der Waals surface area contributed by atoms with Crippen molar-refractivity contribution in [2.75, 3.05) is 9.80 Å². The number of anilines is 2. The van der Waals surface area contributed by atoms with Crippen molar-refractivity contribution in [3.05, 3.63) is 58.9 Å². The zero-order valence-corrected chi connectivity index (χ0v) is 17.7. The highest BCUT2D eigenvalue weighted by molar-refractivity contribution is 7.86. The summed E-state index contributed by atoms with van der Waals surface area (Å²) in [5.41, 5.74) is -8.04. The van der Waals surface area contributed by atoms with Crippen LogP contribution in [0.4, 0.5) is 28.9 Å². The van der Waals surface area contributed by atoms with E-state index in [2.05, 4.69) is 0 Å². The number of nitrogens with zero attached hydrogens (tertiary/aromatic N) is 4. The molecule has 2 aromatic carbocycles. The van der Waals surface area contributed by atoms with Gasteiger partial charge < -0.3 is 4.90 Å². The second-order valence-electron chi connectivity index (χ2n) is 7.53. The Morgan fingerprint density at radius 1 is 1.06 bits per heavy atom. The van der Waals surface area contributed by atoms with Crippen LogP contribution in [-0.2, 0) is 21.1 Å². The second kappa shape index (κ2) is 7.72. The van der Waals surface area contributed by atoms with Crippen molar-refractivity contribution in [3.8, 4) is 12.1 Å². The lowest BCUT2D eigenvalue weighted by atomic mass is 10.0. The van der Waals surface area contributed by atoms with Crippen LogP contribution in [0.15, 0.2) is 36.4 Å². The van der Waals surface area contributed by atoms with Crippen LogP contribution in [0.25, 0.3) is 0 Å². The lowest BCUT2D eigenvalue weighted by Crippen LogP contribution is -2.49. The molecule has 1 aliphatic heterocycles. The molecule has 2 aromatic rings. The molecule has 1 saturated heterocycles. The van der Waals surface area contributed by atoms with Gasteiger partial charge >= 0.3 is 16.3 Å². The van der Waals surface area contributed by atoms with Gasteiger partial charge in [0.15, 0.2) is 5.82 Å². The molecule has 1 N–H and O–H groups in total. The Labute approximate surface area is 185 Å². The predicted molar refractivity (Wildman–Crippen MR) is 107 cm³/mol. The molecule has 3 rings (SSSR count). The number of rotatable bonds is 3. The maximum atomic E-state index is 15.1. The van der Waals surface area contributed by atoms with E-state index in [0.717, 1.165) is 4.90 Å². The summed E-state index contributed by atoms with van der Waals surface area (Å²) in [7, 11) is -5.24. The van der Waals surface area contributed by atoms with Gasteiger partial charge in [-0.3, -0.25) is 14.2 Å². The Bertz CT molecular complexity index is 1330. The molecule has 13 heteroatoms. The first-order chi connectivity index (χ1) is 15.2. The van der Waals surface area contributed by atoms with Crippen molar-refractivity contribution in [1.82, 2.24) is 0 Å². The third-order valence-corrected chi connectivity index (χ3v) is 6.07. The summed E-state index contributed by atoms with van der Waals surface area (Å²) < 4.78 is 90.1. The number of benzene rings is 2. The molecule has 1 heterocycles. The third-order valence-electron chi connectivity index (χ3n) is 5.11. The maximum absolute atomic E-state index is 15.1. The Balaban J connectivity index is 2.32. The predicted octanol–water partition coefficient (Wildman–Crippen LogP) is 3.39. The summed E-state index contributed by atoms with van der Waals surface area (Å²) in [5, 5.41) is 17.9. The highest BCUT2D eigenvalue weighted by atomic mass is 32.2. The number of carbonyl (C=O) groups is 1. The van der Waals surface area contributed by atoms with E-state index < -0.39 is 55.9 Å². The van der Waals surface area contributed by atoms with Crippen LogP contribution < -0.4 is 9.80 Å². The van der Waals surface area contributed by atoms with Gasteiger partial charge in [-0.15, -0.1) is 0 Å². The molecule has 0 aliphatic carbocycles. The van der Waals surface area contributed by atoms with Gasteiger partial charge in [0.1, 0.15) is 11.1 Å². The van der Waals surface area contributed by atoms with Crippen LogP contribution in [0.3, 0.4) is 0 Å². The number of carbonyl (C=O) groups excluding carboxylic acids is 1. The minimum absolute atomic E-state index is 0.0163. The van der Waals surface area contributed by atoms with Gasteiger partial charge in [0.2, 0.25) is 5.50 Å². The highest BCUT2D eigenvalue weighted by Crippen LogP contribution is 2.44. The van der Waals surface area contributed by atoms with Crippen molar-refractivity contribution < 1.29 is 35.3 Å². The van der Waals surface area contributed by atoms with Gasteiger partial charge in [-0.2, -0.15) is 32.1 Å². The molecule has 1 aliphatic rings. The van der Waals surface area contributed by atoms with E-state index in [1.807, 2.05) is 6.07 Å². The molecule has 0 aromatic heterocycles. The fraction of sp³-hybridized carbons (Fsp3) is 0.250. The maximum Gasteiger partial charge on any atom is 0.420 e. The zero-order chi connectivity index (χ0) is 24.9. The summed E-state index contributed by atoms with van der Waals surface area (Å²) in [6, 6.07) is 9.45. The van der Waals surface area contributed by atoms with E-state index in [-0.39, 0.29) is 16.2 Å². The Hall–Kier alpha value is -3.68. The molecule has 0 spiro atoms. The zero-order valence-electron chi connectivity index (χ0n) is 16.9. The molecule has 8 nitrogen and oxygen atoms in total. The Morgan fingerprint density at radius 3 is 2.09 bits per heavy atom. The van der Waals surface area contributed by atoms with Crippen LogP contribution in [0.2, 0.25) is 0 Å². The first-order valence-corrected chi connectivity index (χ1v) is 10.6. The molecule has 1 fully saturated rings.